The van der Waals surface area contributed by atoms with Gasteiger partial charge in [0.2, 0.25) is 5.91 Å². The molecule has 0 radical (unpaired) electrons. The molecule has 3 rings (SSSR count). The number of nitrogens with one attached hydrogen (secondary N) is 2. The van der Waals surface area contributed by atoms with Gasteiger partial charge in [0.05, 0.1) is 31.4 Å². The normalized spacial score (nSPS) is 10.2. The number of hydrogen-bond acceptors (Lipinski definition) is 4. The number of hydrogen-bond donors (Lipinski definition) is 2. The molecule has 0 heterocycles. The van der Waals surface area contributed by atoms with Gasteiger partial charge in [-0.05, 0) is 61.0 Å². The highest BCUT2D eigenvalue weighted by Crippen LogP contribution is 2.20. The lowest BCUT2D eigenvalue weighted by molar-refractivity contribution is -0.115. The van der Waals surface area contributed by atoms with Crippen molar-refractivity contribution in [3.05, 3.63) is 83.9 Å². The lowest BCUT2D eigenvalue weighted by Gasteiger charge is -2.12. The van der Waals surface area contributed by atoms with E-state index in [1.165, 1.54) is 0 Å². The van der Waals surface area contributed by atoms with E-state index in [1.807, 2.05) is 19.1 Å². The predicted molar refractivity (Wildman–Crippen MR) is 117 cm³/mol. The van der Waals surface area contributed by atoms with Crippen LogP contribution in [0.4, 0.5) is 11.4 Å². The highest BCUT2D eigenvalue weighted by Gasteiger charge is 2.14. The van der Waals surface area contributed by atoms with Crippen molar-refractivity contribution in [1.82, 2.24) is 0 Å². The highest BCUT2D eigenvalue weighted by molar-refractivity contribution is 6.10. The minimum Gasteiger partial charge on any atom is -0.497 e. The average Bonchev–Trinajstić information content (AvgIpc) is 2.76. The Morgan fingerprint density at radius 1 is 0.833 bits per heavy atom. The Balaban J connectivity index is 1.66. The molecule has 0 unspecified atom stereocenters. The fraction of sp³-hybridized carbons (Fsp3) is 0.167. The molecule has 0 bridgehead atoms. The Morgan fingerprint density at radius 3 is 2.17 bits per heavy atom. The number of carbonyl (C=O) groups is 2. The molecule has 154 valence electrons. The van der Waals surface area contributed by atoms with Crippen LogP contribution in [0.15, 0.2) is 72.8 Å². The monoisotopic (exact) mass is 404 g/mol. The fourth-order valence-corrected chi connectivity index (χ4v) is 2.91. The topological polar surface area (TPSA) is 76.7 Å². The van der Waals surface area contributed by atoms with Gasteiger partial charge in [-0.15, -0.1) is 0 Å². The van der Waals surface area contributed by atoms with Gasteiger partial charge in [0.1, 0.15) is 11.5 Å². The van der Waals surface area contributed by atoms with Gasteiger partial charge in [-0.2, -0.15) is 0 Å². The molecule has 6 heteroatoms. The molecule has 0 aliphatic carbocycles. The molecule has 0 aliphatic heterocycles. The van der Waals surface area contributed by atoms with Crippen molar-refractivity contribution in [3.8, 4) is 11.5 Å². The van der Waals surface area contributed by atoms with E-state index in [2.05, 4.69) is 10.6 Å². The summed E-state index contributed by atoms with van der Waals surface area (Å²) in [6.45, 7) is 2.49. The molecular formula is C24H24N2O4. The van der Waals surface area contributed by atoms with Gasteiger partial charge in [-0.1, -0.05) is 24.3 Å². The van der Waals surface area contributed by atoms with Gasteiger partial charge in [0.15, 0.2) is 0 Å². The molecule has 0 fully saturated rings. The molecule has 0 spiro atoms. The zero-order valence-corrected chi connectivity index (χ0v) is 17.0. The number of amides is 2. The van der Waals surface area contributed by atoms with Crippen LogP contribution in [0.2, 0.25) is 0 Å². The van der Waals surface area contributed by atoms with E-state index in [0.29, 0.717) is 23.5 Å². The summed E-state index contributed by atoms with van der Waals surface area (Å²) in [5, 5.41) is 5.67. The van der Waals surface area contributed by atoms with Crippen LogP contribution in [0.25, 0.3) is 0 Å². The summed E-state index contributed by atoms with van der Waals surface area (Å²) in [5.74, 6) is 0.957. The summed E-state index contributed by atoms with van der Waals surface area (Å²) in [4.78, 5) is 25.2. The molecule has 3 aromatic carbocycles. The van der Waals surface area contributed by atoms with E-state index in [9.17, 15) is 9.59 Å². The van der Waals surface area contributed by atoms with Crippen LogP contribution in [0.3, 0.4) is 0 Å². The van der Waals surface area contributed by atoms with Crippen molar-refractivity contribution >= 4 is 23.2 Å². The smallest absolute Gasteiger partial charge is 0.257 e. The minimum absolute atomic E-state index is 0.193. The Kier molecular flexibility index (Phi) is 7.05. The minimum atomic E-state index is -0.306. The molecule has 3 aromatic rings. The molecule has 0 atom stereocenters. The molecule has 0 aromatic heterocycles. The fourth-order valence-electron chi connectivity index (χ4n) is 2.91. The van der Waals surface area contributed by atoms with Gasteiger partial charge in [0.25, 0.3) is 5.91 Å². The molecule has 0 saturated carbocycles. The standard InChI is InChI=1S/C24H24N2O4/c1-3-30-20-14-10-18(11-15-20)25-24(28)21-6-4-5-7-22(21)26-23(27)16-17-8-12-19(29-2)13-9-17/h4-15H,3,16H2,1-2H3,(H,25,28)(H,26,27). The van der Waals surface area contributed by atoms with Crippen LogP contribution < -0.4 is 20.1 Å². The zero-order valence-electron chi connectivity index (χ0n) is 17.0. The van der Waals surface area contributed by atoms with Crippen molar-refractivity contribution in [2.75, 3.05) is 24.4 Å². The number of benzene rings is 3. The molecule has 2 amide bonds. The van der Waals surface area contributed by atoms with Gasteiger partial charge in [0, 0.05) is 5.69 Å². The van der Waals surface area contributed by atoms with Gasteiger partial charge in [-0.3, -0.25) is 9.59 Å². The van der Waals surface area contributed by atoms with Crippen molar-refractivity contribution < 1.29 is 19.1 Å². The zero-order chi connectivity index (χ0) is 21.3. The van der Waals surface area contributed by atoms with Crippen LogP contribution in [-0.4, -0.2) is 25.5 Å². The summed E-state index contributed by atoms with van der Waals surface area (Å²) in [5.41, 5.74) is 2.33. The molecule has 6 nitrogen and oxygen atoms in total. The van der Waals surface area contributed by atoms with Gasteiger partial charge >= 0.3 is 0 Å². The lowest BCUT2D eigenvalue weighted by atomic mass is 10.1. The van der Waals surface area contributed by atoms with Gasteiger partial charge < -0.3 is 20.1 Å². The molecule has 2 N–H and O–H groups in total. The number of ether oxygens (including phenoxy) is 2. The number of anilines is 2. The highest BCUT2D eigenvalue weighted by atomic mass is 16.5. The maximum Gasteiger partial charge on any atom is 0.257 e. The maximum atomic E-state index is 12.7. The summed E-state index contributed by atoms with van der Waals surface area (Å²) in [7, 11) is 1.59. The van der Waals surface area contributed by atoms with E-state index in [1.54, 1.807) is 67.8 Å². The number of rotatable bonds is 8. The Morgan fingerprint density at radius 2 is 1.50 bits per heavy atom. The third kappa shape index (κ3) is 5.61. The van der Waals surface area contributed by atoms with E-state index >= 15 is 0 Å². The van der Waals surface area contributed by atoms with E-state index in [0.717, 1.165) is 17.1 Å². The molecular weight excluding hydrogens is 380 g/mol. The summed E-state index contributed by atoms with van der Waals surface area (Å²) in [6.07, 6.45) is 0.193. The lowest BCUT2D eigenvalue weighted by Crippen LogP contribution is -2.19. The first-order valence-corrected chi connectivity index (χ1v) is 9.65. The summed E-state index contributed by atoms with van der Waals surface area (Å²) < 4.78 is 10.5. The van der Waals surface area contributed by atoms with Crippen molar-refractivity contribution in [2.24, 2.45) is 0 Å². The van der Waals surface area contributed by atoms with Crippen LogP contribution in [0.1, 0.15) is 22.8 Å². The van der Waals surface area contributed by atoms with Crippen LogP contribution in [-0.2, 0) is 11.2 Å². The van der Waals surface area contributed by atoms with E-state index < -0.39 is 0 Å². The number of methoxy groups -OCH3 is 1. The first-order chi connectivity index (χ1) is 14.6. The third-order valence-corrected chi connectivity index (χ3v) is 4.39. The van der Waals surface area contributed by atoms with E-state index in [4.69, 9.17) is 9.47 Å². The van der Waals surface area contributed by atoms with E-state index in [-0.39, 0.29) is 18.2 Å². The van der Waals surface area contributed by atoms with Crippen LogP contribution in [0, 0.1) is 0 Å². The first kappa shape index (κ1) is 20.9. The first-order valence-electron chi connectivity index (χ1n) is 9.65. The number of carbonyl (C=O) groups excluding carboxylic acids is 2. The maximum absolute atomic E-state index is 12.7. The molecule has 0 aliphatic rings. The second-order valence-corrected chi connectivity index (χ2v) is 6.53. The predicted octanol–water partition coefficient (Wildman–Crippen LogP) is 4.53. The second kappa shape index (κ2) is 10.1. The largest absolute Gasteiger partial charge is 0.497 e. The SMILES string of the molecule is CCOc1ccc(NC(=O)c2ccccc2NC(=O)Cc2ccc(OC)cc2)cc1. The van der Waals surface area contributed by atoms with Crippen LogP contribution >= 0.6 is 0 Å². The van der Waals surface area contributed by atoms with Crippen molar-refractivity contribution in [1.29, 1.82) is 0 Å². The quantitative estimate of drug-likeness (QED) is 0.578. The second-order valence-electron chi connectivity index (χ2n) is 6.53. The summed E-state index contributed by atoms with van der Waals surface area (Å²) >= 11 is 0. The van der Waals surface area contributed by atoms with Gasteiger partial charge in [-0.25, -0.2) is 0 Å². The molecule has 30 heavy (non-hydrogen) atoms. The molecule has 0 saturated heterocycles. The third-order valence-electron chi connectivity index (χ3n) is 4.39. The average molecular weight is 404 g/mol. The van der Waals surface area contributed by atoms with Crippen LogP contribution in [0.5, 0.6) is 11.5 Å². The Bertz CT molecular complexity index is 998. The van der Waals surface area contributed by atoms with Crippen molar-refractivity contribution in [3.63, 3.8) is 0 Å². The number of para-hydroxylation sites is 1. The Hall–Kier alpha value is -3.80. The summed E-state index contributed by atoms with van der Waals surface area (Å²) in [6, 6.07) is 21.3. The Labute approximate surface area is 175 Å². The van der Waals surface area contributed by atoms with Crippen molar-refractivity contribution in [2.45, 2.75) is 13.3 Å².